The number of hydrogen-bond acceptors (Lipinski definition) is 5. The lowest BCUT2D eigenvalue weighted by molar-refractivity contribution is 0.984. The molecule has 2 heterocycles. The smallest absolute Gasteiger partial charge is 0.147 e. The molecule has 0 atom stereocenters. The average molecular weight is 234 g/mol. The molecule has 0 aliphatic carbocycles. The van der Waals surface area contributed by atoms with E-state index in [1.165, 1.54) is 11.5 Å². The van der Waals surface area contributed by atoms with Crippen molar-refractivity contribution in [1.82, 2.24) is 9.36 Å². The van der Waals surface area contributed by atoms with Gasteiger partial charge in [0.05, 0.1) is 5.56 Å². The zero-order valence-electron chi connectivity index (χ0n) is 9.10. The van der Waals surface area contributed by atoms with E-state index in [1.54, 1.807) is 12.4 Å². The van der Waals surface area contributed by atoms with Gasteiger partial charge in [-0.25, -0.2) is 0 Å². The summed E-state index contributed by atoms with van der Waals surface area (Å²) >= 11 is 1.40. The Labute approximate surface area is 98.7 Å². The van der Waals surface area contributed by atoms with Gasteiger partial charge in [0, 0.05) is 24.5 Å². The molecule has 0 aliphatic rings. The van der Waals surface area contributed by atoms with Crippen molar-refractivity contribution < 1.29 is 0 Å². The van der Waals surface area contributed by atoms with E-state index in [0.717, 1.165) is 29.1 Å². The molecule has 0 aromatic carbocycles. The van der Waals surface area contributed by atoms with Crippen LogP contribution in [0.5, 0.6) is 0 Å². The summed E-state index contributed by atoms with van der Waals surface area (Å²) in [7, 11) is 0. The summed E-state index contributed by atoms with van der Waals surface area (Å²) in [6.07, 6.45) is 4.63. The molecule has 2 aromatic rings. The lowest BCUT2D eigenvalue weighted by atomic mass is 10.1. The van der Waals surface area contributed by atoms with Crippen molar-refractivity contribution in [2.24, 2.45) is 0 Å². The molecule has 0 fully saturated rings. The lowest BCUT2D eigenvalue weighted by Crippen LogP contribution is -1.99. The summed E-state index contributed by atoms with van der Waals surface area (Å²) in [5.41, 5.74) is 7.85. The average Bonchev–Trinajstić information content (AvgIpc) is 2.69. The molecule has 84 valence electrons. The first-order valence-corrected chi connectivity index (χ1v) is 5.99. The van der Waals surface area contributed by atoms with Gasteiger partial charge in [0.1, 0.15) is 10.8 Å². The predicted octanol–water partition coefficient (Wildman–Crippen LogP) is 2.61. The molecule has 2 aromatic heterocycles. The van der Waals surface area contributed by atoms with Crippen LogP contribution in [0.3, 0.4) is 0 Å². The van der Waals surface area contributed by atoms with Crippen molar-refractivity contribution in [2.75, 3.05) is 17.6 Å². The fraction of sp³-hybridized carbons (Fsp3) is 0.273. The van der Waals surface area contributed by atoms with Crippen molar-refractivity contribution >= 4 is 22.4 Å². The molecule has 5 heteroatoms. The molecule has 0 saturated carbocycles. The monoisotopic (exact) mass is 234 g/mol. The third-order valence-corrected chi connectivity index (χ3v) is 3.02. The Balaban J connectivity index is 2.35. The van der Waals surface area contributed by atoms with Crippen LogP contribution in [0.15, 0.2) is 24.5 Å². The van der Waals surface area contributed by atoms with Crippen LogP contribution in [0.2, 0.25) is 0 Å². The lowest BCUT2D eigenvalue weighted by Gasteiger charge is -2.05. The highest BCUT2D eigenvalue weighted by atomic mass is 32.1. The first-order valence-electron chi connectivity index (χ1n) is 5.22. The van der Waals surface area contributed by atoms with Crippen LogP contribution in [-0.2, 0) is 0 Å². The Morgan fingerprint density at radius 3 is 3.06 bits per heavy atom. The van der Waals surface area contributed by atoms with Gasteiger partial charge in [-0.2, -0.15) is 4.37 Å². The van der Waals surface area contributed by atoms with Gasteiger partial charge in [-0.3, -0.25) is 4.98 Å². The van der Waals surface area contributed by atoms with Crippen molar-refractivity contribution in [1.29, 1.82) is 0 Å². The molecular formula is C11H14N4S. The van der Waals surface area contributed by atoms with Crippen molar-refractivity contribution in [3.63, 3.8) is 0 Å². The SMILES string of the molecule is CCCNc1snc(N)c1-c1cccnc1. The van der Waals surface area contributed by atoms with Gasteiger partial charge in [0.25, 0.3) is 0 Å². The molecule has 0 saturated heterocycles. The van der Waals surface area contributed by atoms with E-state index in [2.05, 4.69) is 21.6 Å². The maximum Gasteiger partial charge on any atom is 0.147 e. The molecule has 4 nitrogen and oxygen atoms in total. The van der Waals surface area contributed by atoms with Gasteiger partial charge in [0.2, 0.25) is 0 Å². The van der Waals surface area contributed by atoms with E-state index in [9.17, 15) is 0 Å². The molecule has 2 rings (SSSR count). The number of nitrogens with zero attached hydrogens (tertiary/aromatic N) is 2. The van der Waals surface area contributed by atoms with Gasteiger partial charge in [-0.15, -0.1) is 0 Å². The van der Waals surface area contributed by atoms with Crippen molar-refractivity contribution in [2.45, 2.75) is 13.3 Å². The minimum atomic E-state index is 0.566. The van der Waals surface area contributed by atoms with E-state index in [1.807, 2.05) is 12.1 Å². The van der Waals surface area contributed by atoms with Crippen LogP contribution in [0, 0.1) is 0 Å². The number of aromatic nitrogens is 2. The fourth-order valence-corrected chi connectivity index (χ4v) is 2.21. The second-order valence-corrected chi connectivity index (χ2v) is 4.21. The highest BCUT2D eigenvalue weighted by molar-refractivity contribution is 7.11. The molecule has 0 bridgehead atoms. The summed E-state index contributed by atoms with van der Waals surface area (Å²) in [5, 5.41) is 4.35. The normalized spacial score (nSPS) is 10.3. The maximum atomic E-state index is 5.88. The Kier molecular flexibility index (Phi) is 3.36. The first kappa shape index (κ1) is 10.9. The highest BCUT2D eigenvalue weighted by Crippen LogP contribution is 2.36. The molecule has 3 N–H and O–H groups in total. The van der Waals surface area contributed by atoms with Crippen LogP contribution in [-0.4, -0.2) is 15.9 Å². The minimum Gasteiger partial charge on any atom is -0.382 e. The second kappa shape index (κ2) is 4.94. The molecule has 0 unspecified atom stereocenters. The van der Waals surface area contributed by atoms with E-state index in [-0.39, 0.29) is 0 Å². The van der Waals surface area contributed by atoms with Crippen LogP contribution in [0.4, 0.5) is 10.8 Å². The maximum absolute atomic E-state index is 5.88. The predicted molar refractivity (Wildman–Crippen MR) is 68.5 cm³/mol. The van der Waals surface area contributed by atoms with Crippen LogP contribution >= 0.6 is 11.5 Å². The Hall–Kier alpha value is -1.62. The molecule has 0 aliphatic heterocycles. The summed E-state index contributed by atoms with van der Waals surface area (Å²) in [5.74, 6) is 0.566. The number of pyridine rings is 1. The highest BCUT2D eigenvalue weighted by Gasteiger charge is 2.12. The van der Waals surface area contributed by atoms with Gasteiger partial charge in [0.15, 0.2) is 0 Å². The summed E-state index contributed by atoms with van der Waals surface area (Å²) in [4.78, 5) is 4.10. The zero-order chi connectivity index (χ0) is 11.4. The number of rotatable bonds is 4. The minimum absolute atomic E-state index is 0.566. The third-order valence-electron chi connectivity index (χ3n) is 2.20. The van der Waals surface area contributed by atoms with Gasteiger partial charge < -0.3 is 11.1 Å². The Morgan fingerprint density at radius 1 is 1.50 bits per heavy atom. The third kappa shape index (κ3) is 2.14. The van der Waals surface area contributed by atoms with Gasteiger partial charge >= 0.3 is 0 Å². The van der Waals surface area contributed by atoms with Gasteiger partial charge in [-0.05, 0) is 24.0 Å². The standard InChI is InChI=1S/C11H14N4S/c1-2-5-14-11-9(10(12)15-16-11)8-4-3-6-13-7-8/h3-4,6-7,14H,2,5H2,1H3,(H2,12,15). The van der Waals surface area contributed by atoms with E-state index < -0.39 is 0 Å². The van der Waals surface area contributed by atoms with E-state index in [0.29, 0.717) is 5.82 Å². The van der Waals surface area contributed by atoms with Crippen molar-refractivity contribution in [3.05, 3.63) is 24.5 Å². The molecule has 0 spiro atoms. The van der Waals surface area contributed by atoms with Crippen LogP contribution in [0.1, 0.15) is 13.3 Å². The number of hydrogen-bond donors (Lipinski definition) is 2. The van der Waals surface area contributed by atoms with E-state index in [4.69, 9.17) is 5.73 Å². The molecule has 0 amide bonds. The molecule has 16 heavy (non-hydrogen) atoms. The number of nitrogens with two attached hydrogens (primary N) is 1. The first-order chi connectivity index (χ1) is 7.83. The number of anilines is 2. The largest absolute Gasteiger partial charge is 0.382 e. The fourth-order valence-electron chi connectivity index (χ4n) is 1.45. The molecular weight excluding hydrogens is 220 g/mol. The van der Waals surface area contributed by atoms with Crippen LogP contribution < -0.4 is 11.1 Å². The van der Waals surface area contributed by atoms with Crippen LogP contribution in [0.25, 0.3) is 11.1 Å². The topological polar surface area (TPSA) is 63.8 Å². The quantitative estimate of drug-likeness (QED) is 0.853. The van der Waals surface area contributed by atoms with Crippen molar-refractivity contribution in [3.8, 4) is 11.1 Å². The Bertz CT molecular complexity index is 452. The number of nitrogens with one attached hydrogen (secondary N) is 1. The Morgan fingerprint density at radius 2 is 2.38 bits per heavy atom. The molecule has 0 radical (unpaired) electrons. The summed E-state index contributed by atoms with van der Waals surface area (Å²) in [6.45, 7) is 3.05. The van der Waals surface area contributed by atoms with E-state index >= 15 is 0 Å². The summed E-state index contributed by atoms with van der Waals surface area (Å²) in [6, 6.07) is 3.89. The zero-order valence-corrected chi connectivity index (χ0v) is 9.92. The summed E-state index contributed by atoms with van der Waals surface area (Å²) < 4.78 is 4.18. The second-order valence-electron chi connectivity index (χ2n) is 3.44. The van der Waals surface area contributed by atoms with Gasteiger partial charge in [-0.1, -0.05) is 13.0 Å². The number of nitrogen functional groups attached to an aromatic ring is 1.